The lowest BCUT2D eigenvalue weighted by Gasteiger charge is -2.10. The first-order valence-corrected chi connectivity index (χ1v) is 9.60. The first kappa shape index (κ1) is 21.7. The molecule has 0 radical (unpaired) electrons. The van der Waals surface area contributed by atoms with Gasteiger partial charge in [0.1, 0.15) is 17.8 Å². The zero-order chi connectivity index (χ0) is 22.4. The minimum Gasteiger partial charge on any atom is -0.508 e. The van der Waals surface area contributed by atoms with Crippen LogP contribution in [0, 0.1) is 0 Å². The molecule has 0 fully saturated rings. The highest BCUT2D eigenvalue weighted by molar-refractivity contribution is 9.10. The third-order valence-corrected chi connectivity index (χ3v) is 4.68. The average Bonchev–Trinajstić information content (AvgIpc) is 3.24. The molecule has 2 amide bonds. The SMILES string of the molecule is O=C(O)C(=Cc1nc[nH]n1)NC(=O)c1ccc(C(=O)NCc2cccc(O)c2)cc1Br. The highest BCUT2D eigenvalue weighted by Gasteiger charge is 2.18. The number of aromatic nitrogens is 3. The predicted octanol–water partition coefficient (Wildman–Crippen LogP) is 2.06. The summed E-state index contributed by atoms with van der Waals surface area (Å²) in [5.74, 6) is -2.25. The van der Waals surface area contributed by atoms with Crippen molar-refractivity contribution in [1.82, 2.24) is 25.8 Å². The van der Waals surface area contributed by atoms with Gasteiger partial charge in [-0.15, -0.1) is 0 Å². The molecule has 0 spiro atoms. The molecule has 11 heteroatoms. The number of nitrogens with zero attached hydrogens (tertiary/aromatic N) is 2. The van der Waals surface area contributed by atoms with E-state index in [-0.39, 0.29) is 29.6 Å². The summed E-state index contributed by atoms with van der Waals surface area (Å²) in [5, 5.41) is 29.9. The lowest BCUT2D eigenvalue weighted by atomic mass is 10.1. The zero-order valence-electron chi connectivity index (χ0n) is 15.8. The van der Waals surface area contributed by atoms with Crippen LogP contribution in [-0.2, 0) is 11.3 Å². The van der Waals surface area contributed by atoms with E-state index in [1.807, 2.05) is 0 Å². The highest BCUT2D eigenvalue weighted by atomic mass is 79.9. The number of carbonyl (C=O) groups excluding carboxylic acids is 2. The van der Waals surface area contributed by atoms with Crippen LogP contribution in [0.2, 0.25) is 0 Å². The summed E-state index contributed by atoms with van der Waals surface area (Å²) in [4.78, 5) is 40.1. The van der Waals surface area contributed by atoms with E-state index in [1.165, 1.54) is 36.7 Å². The molecule has 0 aliphatic rings. The molecule has 0 aliphatic heterocycles. The van der Waals surface area contributed by atoms with Crippen molar-refractivity contribution in [3.63, 3.8) is 0 Å². The molecule has 3 aromatic rings. The molecule has 0 unspecified atom stereocenters. The van der Waals surface area contributed by atoms with Crippen molar-refractivity contribution >= 4 is 39.8 Å². The molecule has 10 nitrogen and oxygen atoms in total. The van der Waals surface area contributed by atoms with Gasteiger partial charge >= 0.3 is 5.97 Å². The van der Waals surface area contributed by atoms with Crippen molar-refractivity contribution in [2.24, 2.45) is 0 Å². The number of carboxylic acids is 1. The summed E-state index contributed by atoms with van der Waals surface area (Å²) in [6.07, 6.45) is 2.38. The van der Waals surface area contributed by atoms with Crippen LogP contribution >= 0.6 is 15.9 Å². The second-order valence-corrected chi connectivity index (χ2v) is 7.08. The monoisotopic (exact) mass is 485 g/mol. The van der Waals surface area contributed by atoms with E-state index in [2.05, 4.69) is 41.7 Å². The Morgan fingerprint density at radius 2 is 1.94 bits per heavy atom. The Hall–Kier alpha value is -3.99. The van der Waals surface area contributed by atoms with Gasteiger partial charge in [-0.25, -0.2) is 9.78 Å². The minimum absolute atomic E-state index is 0.0931. The fourth-order valence-electron chi connectivity index (χ4n) is 2.55. The van der Waals surface area contributed by atoms with Gasteiger partial charge in [-0.05, 0) is 51.8 Å². The van der Waals surface area contributed by atoms with E-state index in [0.717, 1.165) is 11.6 Å². The number of hydrogen-bond acceptors (Lipinski definition) is 6. The number of phenols is 1. The van der Waals surface area contributed by atoms with E-state index in [1.54, 1.807) is 12.1 Å². The van der Waals surface area contributed by atoms with Crippen molar-refractivity contribution in [1.29, 1.82) is 0 Å². The molecule has 0 aliphatic carbocycles. The molecule has 158 valence electrons. The molecule has 1 heterocycles. The van der Waals surface area contributed by atoms with Crippen LogP contribution in [0.1, 0.15) is 32.1 Å². The molecule has 0 saturated carbocycles. The van der Waals surface area contributed by atoms with Gasteiger partial charge in [0, 0.05) is 22.7 Å². The number of H-pyrrole nitrogens is 1. The number of aliphatic carboxylic acids is 1. The number of carboxylic acid groups (broad SMARTS) is 1. The molecule has 1 aromatic heterocycles. The number of nitrogens with one attached hydrogen (secondary N) is 3. The Kier molecular flexibility index (Phi) is 6.78. The molecule has 2 aromatic carbocycles. The van der Waals surface area contributed by atoms with E-state index in [4.69, 9.17) is 0 Å². The van der Waals surface area contributed by atoms with E-state index >= 15 is 0 Å². The maximum Gasteiger partial charge on any atom is 0.352 e. The van der Waals surface area contributed by atoms with Crippen LogP contribution in [0.15, 0.2) is 59.0 Å². The van der Waals surface area contributed by atoms with Crippen LogP contribution in [0.25, 0.3) is 6.08 Å². The molecule has 0 saturated heterocycles. The van der Waals surface area contributed by atoms with Crippen molar-refractivity contribution in [3.05, 3.63) is 81.5 Å². The summed E-state index contributed by atoms with van der Waals surface area (Å²) in [6.45, 7) is 0.209. The number of phenolic OH excluding ortho intramolecular Hbond substituents is 1. The predicted molar refractivity (Wildman–Crippen MR) is 113 cm³/mol. The van der Waals surface area contributed by atoms with Crippen LogP contribution in [-0.4, -0.2) is 43.2 Å². The zero-order valence-corrected chi connectivity index (χ0v) is 17.4. The number of benzene rings is 2. The number of aromatic hydroxyl groups is 1. The number of rotatable bonds is 7. The van der Waals surface area contributed by atoms with Crippen molar-refractivity contribution in [2.45, 2.75) is 6.54 Å². The number of hydrogen-bond donors (Lipinski definition) is 5. The Morgan fingerprint density at radius 3 is 2.58 bits per heavy atom. The number of aromatic amines is 1. The average molecular weight is 486 g/mol. The van der Waals surface area contributed by atoms with Gasteiger partial charge in [0.05, 0.1) is 5.56 Å². The van der Waals surface area contributed by atoms with Crippen LogP contribution in [0.3, 0.4) is 0 Å². The quantitative estimate of drug-likeness (QED) is 0.320. The number of carbonyl (C=O) groups is 3. The Balaban J connectivity index is 1.69. The number of halogens is 1. The van der Waals surface area contributed by atoms with Crippen molar-refractivity contribution < 1.29 is 24.6 Å². The summed E-state index contributed by atoms with van der Waals surface area (Å²) >= 11 is 3.24. The summed E-state index contributed by atoms with van der Waals surface area (Å²) in [5.41, 5.74) is 0.734. The summed E-state index contributed by atoms with van der Waals surface area (Å²) in [7, 11) is 0. The smallest absolute Gasteiger partial charge is 0.352 e. The second-order valence-electron chi connectivity index (χ2n) is 6.22. The maximum atomic E-state index is 12.5. The first-order valence-electron chi connectivity index (χ1n) is 8.81. The first-order chi connectivity index (χ1) is 14.8. The van der Waals surface area contributed by atoms with Gasteiger partial charge < -0.3 is 20.8 Å². The molecule has 31 heavy (non-hydrogen) atoms. The normalized spacial score (nSPS) is 11.1. The second kappa shape index (κ2) is 9.67. The largest absolute Gasteiger partial charge is 0.508 e. The third kappa shape index (κ3) is 5.76. The molecular weight excluding hydrogens is 470 g/mol. The van der Waals surface area contributed by atoms with Gasteiger partial charge in [-0.3, -0.25) is 14.7 Å². The number of amides is 2. The molecule has 5 N–H and O–H groups in total. The van der Waals surface area contributed by atoms with E-state index in [9.17, 15) is 24.6 Å². The van der Waals surface area contributed by atoms with Gasteiger partial charge in [0.2, 0.25) is 0 Å². The highest BCUT2D eigenvalue weighted by Crippen LogP contribution is 2.20. The van der Waals surface area contributed by atoms with Gasteiger partial charge in [0.15, 0.2) is 5.82 Å². The summed E-state index contributed by atoms with van der Waals surface area (Å²) < 4.78 is 0.303. The van der Waals surface area contributed by atoms with Crippen LogP contribution < -0.4 is 10.6 Å². The van der Waals surface area contributed by atoms with Crippen molar-refractivity contribution in [2.75, 3.05) is 0 Å². The molecule has 0 atom stereocenters. The minimum atomic E-state index is -1.36. The van der Waals surface area contributed by atoms with Gasteiger partial charge in [-0.2, -0.15) is 5.10 Å². The Bertz CT molecular complexity index is 1160. The van der Waals surface area contributed by atoms with E-state index < -0.39 is 17.6 Å². The van der Waals surface area contributed by atoms with Gasteiger partial charge in [-0.1, -0.05) is 12.1 Å². The fourth-order valence-corrected chi connectivity index (χ4v) is 3.11. The topological polar surface area (TPSA) is 157 Å². The fraction of sp³-hybridized carbons (Fsp3) is 0.0500. The van der Waals surface area contributed by atoms with Crippen LogP contribution in [0.4, 0.5) is 0 Å². The van der Waals surface area contributed by atoms with Crippen molar-refractivity contribution in [3.8, 4) is 5.75 Å². The Morgan fingerprint density at radius 1 is 1.13 bits per heavy atom. The third-order valence-electron chi connectivity index (χ3n) is 4.03. The lowest BCUT2D eigenvalue weighted by molar-refractivity contribution is -0.132. The van der Waals surface area contributed by atoms with Gasteiger partial charge in [0.25, 0.3) is 11.8 Å². The Labute approximate surface area is 184 Å². The molecule has 0 bridgehead atoms. The summed E-state index contributed by atoms with van der Waals surface area (Å²) in [6, 6.07) is 10.8. The van der Waals surface area contributed by atoms with E-state index in [0.29, 0.717) is 10.0 Å². The van der Waals surface area contributed by atoms with Crippen LogP contribution in [0.5, 0.6) is 5.75 Å². The maximum absolute atomic E-state index is 12.5. The lowest BCUT2D eigenvalue weighted by Crippen LogP contribution is -2.28. The molecule has 3 rings (SSSR count). The molecular formula is C20H16BrN5O5. The standard InChI is InChI=1S/C20H16BrN5O5/c21-15-7-12(18(28)22-9-11-2-1-3-13(27)6-11)4-5-14(15)19(29)25-16(20(30)31)8-17-23-10-24-26-17/h1-8,10,27H,9H2,(H,22,28)(H,25,29)(H,30,31)(H,23,24,26).